The first-order chi connectivity index (χ1) is 12.5. The summed E-state index contributed by atoms with van der Waals surface area (Å²) >= 11 is 6.00. The second kappa shape index (κ2) is 7.18. The summed E-state index contributed by atoms with van der Waals surface area (Å²) in [6.07, 6.45) is 2.48. The molecule has 0 bridgehead atoms. The topological polar surface area (TPSA) is 82.0 Å². The number of nitriles is 1. The van der Waals surface area contributed by atoms with E-state index in [0.29, 0.717) is 27.0 Å². The first kappa shape index (κ1) is 18.0. The number of unbranched alkanes of at least 4 members (excludes halogenated alkanes) is 1. The highest BCUT2D eigenvalue weighted by Gasteiger charge is 2.23. The van der Waals surface area contributed by atoms with Crippen molar-refractivity contribution in [2.45, 2.75) is 19.8 Å². The SMILES string of the molecule is CCCCOC(=O)N(C)c1cc(F)c(C#N)c2c1[nH]c1ncc(Cl)cc12. The maximum atomic E-state index is 14.5. The molecule has 0 spiro atoms. The van der Waals surface area contributed by atoms with Crippen molar-refractivity contribution in [2.24, 2.45) is 0 Å². The van der Waals surface area contributed by atoms with Gasteiger partial charge in [-0.3, -0.25) is 4.90 Å². The van der Waals surface area contributed by atoms with Crippen LogP contribution in [0.2, 0.25) is 5.02 Å². The number of carbonyl (C=O) groups is 1. The molecule has 1 amide bonds. The molecule has 0 saturated heterocycles. The average molecular weight is 375 g/mol. The monoisotopic (exact) mass is 374 g/mol. The van der Waals surface area contributed by atoms with E-state index in [4.69, 9.17) is 16.3 Å². The molecule has 134 valence electrons. The number of nitrogens with zero attached hydrogens (tertiary/aromatic N) is 3. The Kier molecular flexibility index (Phi) is 4.96. The first-order valence-corrected chi connectivity index (χ1v) is 8.45. The molecule has 26 heavy (non-hydrogen) atoms. The summed E-state index contributed by atoms with van der Waals surface area (Å²) in [4.78, 5) is 20.7. The van der Waals surface area contributed by atoms with E-state index in [1.165, 1.54) is 18.1 Å². The number of benzene rings is 1. The highest BCUT2D eigenvalue weighted by molar-refractivity contribution is 6.31. The van der Waals surface area contributed by atoms with Crippen molar-refractivity contribution >= 4 is 45.3 Å². The van der Waals surface area contributed by atoms with Crippen LogP contribution in [-0.2, 0) is 4.74 Å². The number of halogens is 2. The third kappa shape index (κ3) is 3.04. The average Bonchev–Trinajstić information content (AvgIpc) is 2.99. The van der Waals surface area contributed by atoms with Gasteiger partial charge in [0.15, 0.2) is 0 Å². The van der Waals surface area contributed by atoms with Gasteiger partial charge in [0.1, 0.15) is 17.5 Å². The zero-order valence-electron chi connectivity index (χ0n) is 14.3. The minimum Gasteiger partial charge on any atom is -0.449 e. The molecule has 0 aliphatic rings. The van der Waals surface area contributed by atoms with Crippen molar-refractivity contribution in [3.05, 3.63) is 34.7 Å². The van der Waals surface area contributed by atoms with Crippen LogP contribution >= 0.6 is 11.6 Å². The molecule has 0 unspecified atom stereocenters. The highest BCUT2D eigenvalue weighted by atomic mass is 35.5. The number of aromatic amines is 1. The summed E-state index contributed by atoms with van der Waals surface area (Å²) in [5.74, 6) is -0.732. The molecule has 0 radical (unpaired) electrons. The van der Waals surface area contributed by atoms with E-state index in [9.17, 15) is 14.4 Å². The van der Waals surface area contributed by atoms with Crippen LogP contribution in [0.5, 0.6) is 0 Å². The van der Waals surface area contributed by atoms with Crippen molar-refractivity contribution in [3.8, 4) is 6.07 Å². The van der Waals surface area contributed by atoms with Crippen LogP contribution in [0.15, 0.2) is 18.3 Å². The van der Waals surface area contributed by atoms with Gasteiger partial charge in [-0.15, -0.1) is 0 Å². The normalized spacial score (nSPS) is 10.9. The third-order valence-electron chi connectivity index (χ3n) is 4.10. The van der Waals surface area contributed by atoms with Crippen molar-refractivity contribution in [1.29, 1.82) is 5.26 Å². The molecular weight excluding hydrogens is 359 g/mol. The molecule has 2 aromatic heterocycles. The van der Waals surface area contributed by atoms with Crippen LogP contribution in [0.1, 0.15) is 25.3 Å². The lowest BCUT2D eigenvalue weighted by Crippen LogP contribution is -2.27. The molecule has 0 fully saturated rings. The number of hydrogen-bond acceptors (Lipinski definition) is 4. The molecular formula is C18H16ClFN4O2. The molecule has 0 aliphatic heterocycles. The standard InChI is InChI=1S/C18H16ClFN4O2/c1-3-4-5-26-18(25)24(2)14-7-13(20)12(8-21)15-11-6-10(19)9-22-17(11)23-16(14)15/h6-7,9H,3-5H2,1-2H3,(H,22,23). The molecule has 1 N–H and O–H groups in total. The third-order valence-corrected chi connectivity index (χ3v) is 4.30. The highest BCUT2D eigenvalue weighted by Crippen LogP contribution is 2.36. The van der Waals surface area contributed by atoms with E-state index in [1.54, 1.807) is 6.07 Å². The van der Waals surface area contributed by atoms with Gasteiger partial charge < -0.3 is 9.72 Å². The maximum absolute atomic E-state index is 14.5. The number of anilines is 1. The largest absolute Gasteiger partial charge is 0.449 e. The van der Waals surface area contributed by atoms with E-state index in [-0.39, 0.29) is 17.9 Å². The summed E-state index contributed by atoms with van der Waals surface area (Å²) < 4.78 is 19.7. The van der Waals surface area contributed by atoms with Crippen LogP contribution in [0.4, 0.5) is 14.9 Å². The predicted molar refractivity (Wildman–Crippen MR) is 97.9 cm³/mol. The quantitative estimate of drug-likeness (QED) is 0.668. The predicted octanol–water partition coefficient (Wildman–Crippen LogP) is 4.75. The Morgan fingerprint density at radius 1 is 1.50 bits per heavy atom. The molecule has 1 aromatic carbocycles. The second-order valence-corrected chi connectivity index (χ2v) is 6.25. The van der Waals surface area contributed by atoms with Gasteiger partial charge in [-0.25, -0.2) is 14.2 Å². The van der Waals surface area contributed by atoms with Gasteiger partial charge in [-0.1, -0.05) is 24.9 Å². The fourth-order valence-electron chi connectivity index (χ4n) is 2.75. The molecule has 0 atom stereocenters. The number of fused-ring (bicyclic) bond motifs is 3. The van der Waals surface area contributed by atoms with Crippen LogP contribution < -0.4 is 4.90 Å². The number of rotatable bonds is 4. The van der Waals surface area contributed by atoms with Gasteiger partial charge in [-0.05, 0) is 12.5 Å². The van der Waals surface area contributed by atoms with Crippen molar-refractivity contribution in [1.82, 2.24) is 9.97 Å². The van der Waals surface area contributed by atoms with Gasteiger partial charge in [0.2, 0.25) is 0 Å². The molecule has 8 heteroatoms. The summed E-state index contributed by atoms with van der Waals surface area (Å²) in [6, 6.07) is 4.61. The van der Waals surface area contributed by atoms with Gasteiger partial charge >= 0.3 is 6.09 Å². The van der Waals surface area contributed by atoms with Gasteiger partial charge in [0.25, 0.3) is 0 Å². The van der Waals surface area contributed by atoms with E-state index in [2.05, 4.69) is 9.97 Å². The van der Waals surface area contributed by atoms with E-state index >= 15 is 0 Å². The van der Waals surface area contributed by atoms with E-state index < -0.39 is 11.9 Å². The lowest BCUT2D eigenvalue weighted by molar-refractivity contribution is 0.153. The molecule has 0 saturated carbocycles. The Bertz CT molecular complexity index is 1040. The molecule has 0 aliphatic carbocycles. The molecule has 3 rings (SSSR count). The number of H-pyrrole nitrogens is 1. The molecule has 6 nitrogen and oxygen atoms in total. The van der Waals surface area contributed by atoms with Crippen molar-refractivity contribution in [3.63, 3.8) is 0 Å². The summed E-state index contributed by atoms with van der Waals surface area (Å²) in [6.45, 7) is 2.27. The Labute approximate surface area is 154 Å². The fraction of sp³-hybridized carbons (Fsp3) is 0.278. The van der Waals surface area contributed by atoms with Crippen LogP contribution in [0, 0.1) is 17.1 Å². The number of ether oxygens (including phenoxy) is 1. The number of amides is 1. The number of carbonyl (C=O) groups excluding carboxylic acids is 1. The van der Waals surface area contributed by atoms with E-state index in [0.717, 1.165) is 18.9 Å². The Morgan fingerprint density at radius 2 is 2.27 bits per heavy atom. The first-order valence-electron chi connectivity index (χ1n) is 8.08. The number of pyridine rings is 1. The Morgan fingerprint density at radius 3 is 2.96 bits per heavy atom. The zero-order valence-corrected chi connectivity index (χ0v) is 15.0. The second-order valence-electron chi connectivity index (χ2n) is 5.82. The summed E-state index contributed by atoms with van der Waals surface area (Å²) in [5.41, 5.74) is 0.988. The smallest absolute Gasteiger partial charge is 0.414 e. The number of hydrogen-bond donors (Lipinski definition) is 1. The molecule has 3 aromatic rings. The van der Waals surface area contributed by atoms with Crippen LogP contribution in [-0.4, -0.2) is 29.7 Å². The fourth-order valence-corrected chi connectivity index (χ4v) is 2.91. The van der Waals surface area contributed by atoms with Crippen LogP contribution in [0.25, 0.3) is 21.9 Å². The number of aromatic nitrogens is 2. The number of nitrogens with one attached hydrogen (secondary N) is 1. The lowest BCUT2D eigenvalue weighted by atomic mass is 10.1. The van der Waals surface area contributed by atoms with Gasteiger partial charge in [0.05, 0.1) is 28.4 Å². The minimum atomic E-state index is -0.732. The Balaban J connectivity index is 2.19. The Hall–Kier alpha value is -2.85. The maximum Gasteiger partial charge on any atom is 0.414 e. The summed E-state index contributed by atoms with van der Waals surface area (Å²) in [7, 11) is 1.49. The zero-order chi connectivity index (χ0) is 18.8. The van der Waals surface area contributed by atoms with Crippen LogP contribution in [0.3, 0.4) is 0 Å². The van der Waals surface area contributed by atoms with Crippen molar-refractivity contribution in [2.75, 3.05) is 18.6 Å². The van der Waals surface area contributed by atoms with Gasteiger partial charge in [0, 0.05) is 30.1 Å². The van der Waals surface area contributed by atoms with Crippen molar-refractivity contribution < 1.29 is 13.9 Å². The summed E-state index contributed by atoms with van der Waals surface area (Å²) in [5, 5.41) is 10.6. The minimum absolute atomic E-state index is 0.133. The van der Waals surface area contributed by atoms with Gasteiger partial charge in [-0.2, -0.15) is 5.26 Å². The van der Waals surface area contributed by atoms with E-state index in [1.807, 2.05) is 13.0 Å². The lowest BCUT2D eigenvalue weighted by Gasteiger charge is -2.18. The molecule has 2 heterocycles.